The fraction of sp³-hybridized carbons (Fsp3) is 0.789. The number of ether oxygens (including phenoxy) is 1. The number of hydrogen-bond acceptors (Lipinski definition) is 6. The number of likely N-dealkylation sites (tertiary alicyclic amines) is 1. The Morgan fingerprint density at radius 1 is 1.52 bits per heavy atom. The summed E-state index contributed by atoms with van der Waals surface area (Å²) in [6.07, 6.45) is 2.75. The Bertz CT molecular complexity index is 572. The van der Waals surface area contributed by atoms with E-state index in [1.807, 2.05) is 14.0 Å². The maximum absolute atomic E-state index is 9.58. The number of guanidine groups is 1. The lowest BCUT2D eigenvalue weighted by atomic mass is 10.1. The van der Waals surface area contributed by atoms with Gasteiger partial charge in [0.25, 0.3) is 0 Å². The molecule has 0 aliphatic carbocycles. The quantitative estimate of drug-likeness (QED) is 0.378. The Labute approximate surface area is 167 Å². The molecule has 8 heteroatoms. The van der Waals surface area contributed by atoms with Crippen LogP contribution in [0.1, 0.15) is 49.9 Å². The Morgan fingerprint density at radius 3 is 2.93 bits per heavy atom. The molecule has 0 saturated carbocycles. The van der Waals surface area contributed by atoms with Crippen LogP contribution in [0.4, 0.5) is 0 Å². The topological polar surface area (TPSA) is 73.2 Å². The van der Waals surface area contributed by atoms with Crippen LogP contribution in [0.25, 0.3) is 0 Å². The molecule has 1 saturated heterocycles. The van der Waals surface area contributed by atoms with Gasteiger partial charge in [-0.05, 0) is 39.7 Å². The number of aliphatic hydroxyl groups is 1. The zero-order valence-corrected chi connectivity index (χ0v) is 18.0. The molecule has 0 bridgehead atoms. The van der Waals surface area contributed by atoms with Crippen LogP contribution in [0.3, 0.4) is 0 Å². The lowest BCUT2D eigenvalue weighted by Gasteiger charge is -2.29. The monoisotopic (exact) mass is 397 g/mol. The minimum absolute atomic E-state index is 0.0341. The highest BCUT2D eigenvalue weighted by molar-refractivity contribution is 7.09. The molecular formula is C19H35N5O2S. The van der Waals surface area contributed by atoms with Crippen molar-refractivity contribution in [3.8, 4) is 0 Å². The van der Waals surface area contributed by atoms with Crippen molar-refractivity contribution >= 4 is 17.3 Å². The van der Waals surface area contributed by atoms with Crippen molar-refractivity contribution in [1.29, 1.82) is 0 Å². The molecule has 1 aromatic heterocycles. The van der Waals surface area contributed by atoms with Gasteiger partial charge >= 0.3 is 0 Å². The summed E-state index contributed by atoms with van der Waals surface area (Å²) in [5, 5.41) is 16.1. The molecule has 154 valence electrons. The predicted molar refractivity (Wildman–Crippen MR) is 111 cm³/mol. The van der Waals surface area contributed by atoms with Crippen LogP contribution in [-0.2, 0) is 11.3 Å². The van der Waals surface area contributed by atoms with Gasteiger partial charge in [-0.3, -0.25) is 4.99 Å². The van der Waals surface area contributed by atoms with Gasteiger partial charge in [0, 0.05) is 45.7 Å². The number of rotatable bonds is 9. The maximum atomic E-state index is 9.58. The van der Waals surface area contributed by atoms with E-state index in [0.717, 1.165) is 75.2 Å². The zero-order chi connectivity index (χ0) is 19.6. The van der Waals surface area contributed by atoms with Gasteiger partial charge in [0.05, 0.1) is 18.3 Å². The summed E-state index contributed by atoms with van der Waals surface area (Å²) in [4.78, 5) is 14.0. The average Bonchev–Trinajstić information content (AvgIpc) is 3.13. The van der Waals surface area contributed by atoms with Crippen LogP contribution in [0.15, 0.2) is 10.4 Å². The molecule has 0 amide bonds. The molecule has 1 aromatic rings. The first-order chi connectivity index (χ1) is 13.0. The Balaban J connectivity index is 1.81. The number of nitrogens with one attached hydrogen (secondary N) is 1. The minimum Gasteiger partial charge on any atom is -0.393 e. The molecule has 1 atom stereocenters. The number of aliphatic hydroxyl groups excluding tert-OH is 1. The molecule has 7 nitrogen and oxygen atoms in total. The first-order valence-corrected chi connectivity index (χ1v) is 10.8. The van der Waals surface area contributed by atoms with E-state index < -0.39 is 0 Å². The van der Waals surface area contributed by atoms with E-state index in [9.17, 15) is 5.11 Å². The fourth-order valence-corrected chi connectivity index (χ4v) is 3.93. The fourth-order valence-electron chi connectivity index (χ4n) is 3.09. The molecule has 2 rings (SSSR count). The van der Waals surface area contributed by atoms with E-state index in [-0.39, 0.29) is 12.2 Å². The van der Waals surface area contributed by atoms with E-state index in [1.165, 1.54) is 0 Å². The standard InChI is InChI=1S/C19H35N5O2S/c1-5-20-19(21-9-6-10-24-11-7-17(25)8-12-24)23(3)13-16-14-27-18(22-16)15(2)26-4/h14-15,17,25H,5-13H2,1-4H3,(H,20,21). The molecule has 2 heterocycles. The van der Waals surface area contributed by atoms with Crippen LogP contribution in [0.5, 0.6) is 0 Å². The van der Waals surface area contributed by atoms with Gasteiger partial charge in [-0.15, -0.1) is 11.3 Å². The highest BCUT2D eigenvalue weighted by Crippen LogP contribution is 2.20. The van der Waals surface area contributed by atoms with Crippen molar-refractivity contribution in [3.63, 3.8) is 0 Å². The van der Waals surface area contributed by atoms with Gasteiger partial charge in [0.1, 0.15) is 11.1 Å². The number of aromatic nitrogens is 1. The molecular weight excluding hydrogens is 362 g/mol. The SMILES string of the molecule is CCNC(=NCCCN1CCC(O)CC1)N(C)Cc1csc(C(C)OC)n1. The summed E-state index contributed by atoms with van der Waals surface area (Å²) in [5.41, 5.74) is 1.04. The molecule has 1 unspecified atom stereocenters. The van der Waals surface area contributed by atoms with E-state index >= 15 is 0 Å². The zero-order valence-electron chi connectivity index (χ0n) is 17.1. The van der Waals surface area contributed by atoms with Crippen molar-refractivity contribution < 1.29 is 9.84 Å². The van der Waals surface area contributed by atoms with Gasteiger partial charge in [-0.2, -0.15) is 0 Å². The van der Waals surface area contributed by atoms with Gasteiger partial charge in [0.2, 0.25) is 0 Å². The normalized spacial score (nSPS) is 17.9. The third kappa shape index (κ3) is 7.37. The molecule has 0 spiro atoms. The second kappa shape index (κ2) is 11.6. The smallest absolute Gasteiger partial charge is 0.194 e. The molecule has 1 aliphatic rings. The number of thiazole rings is 1. The van der Waals surface area contributed by atoms with Crippen LogP contribution in [0, 0.1) is 0 Å². The Kier molecular flexibility index (Phi) is 9.47. The van der Waals surface area contributed by atoms with E-state index in [4.69, 9.17) is 9.73 Å². The number of piperidine rings is 1. The summed E-state index contributed by atoms with van der Waals surface area (Å²) in [7, 11) is 3.76. The maximum Gasteiger partial charge on any atom is 0.194 e. The van der Waals surface area contributed by atoms with Crippen LogP contribution >= 0.6 is 11.3 Å². The summed E-state index contributed by atoms with van der Waals surface area (Å²) in [6.45, 7) is 9.51. The first kappa shape index (κ1) is 22.1. The van der Waals surface area contributed by atoms with Crippen molar-refractivity contribution in [1.82, 2.24) is 20.1 Å². The van der Waals surface area contributed by atoms with Gasteiger partial charge in [0.15, 0.2) is 5.96 Å². The highest BCUT2D eigenvalue weighted by Gasteiger charge is 2.16. The predicted octanol–water partition coefficient (Wildman–Crippen LogP) is 2.09. The Hall–Kier alpha value is -1.22. The van der Waals surface area contributed by atoms with E-state index in [0.29, 0.717) is 0 Å². The van der Waals surface area contributed by atoms with Gasteiger partial charge in [-0.1, -0.05) is 0 Å². The second-order valence-corrected chi connectivity index (χ2v) is 7.96. The summed E-state index contributed by atoms with van der Waals surface area (Å²) < 4.78 is 5.34. The summed E-state index contributed by atoms with van der Waals surface area (Å²) in [6, 6.07) is 0. The third-order valence-electron chi connectivity index (χ3n) is 4.82. The van der Waals surface area contributed by atoms with Crippen molar-refractivity contribution in [2.75, 3.05) is 46.9 Å². The number of hydrogen-bond donors (Lipinski definition) is 2. The van der Waals surface area contributed by atoms with Crippen LogP contribution < -0.4 is 5.32 Å². The Morgan fingerprint density at radius 2 is 2.26 bits per heavy atom. The molecule has 0 radical (unpaired) electrons. The van der Waals surface area contributed by atoms with Crippen LogP contribution in [-0.4, -0.2) is 78.8 Å². The average molecular weight is 398 g/mol. The molecule has 2 N–H and O–H groups in total. The minimum atomic E-state index is -0.105. The molecule has 27 heavy (non-hydrogen) atoms. The molecule has 0 aromatic carbocycles. The second-order valence-electron chi connectivity index (χ2n) is 7.07. The van der Waals surface area contributed by atoms with E-state index in [2.05, 4.69) is 32.4 Å². The largest absolute Gasteiger partial charge is 0.393 e. The highest BCUT2D eigenvalue weighted by atomic mass is 32.1. The number of methoxy groups -OCH3 is 1. The van der Waals surface area contributed by atoms with Crippen molar-refractivity contribution in [2.45, 2.75) is 51.9 Å². The van der Waals surface area contributed by atoms with Gasteiger partial charge < -0.3 is 25.0 Å². The first-order valence-electron chi connectivity index (χ1n) is 9.90. The summed E-state index contributed by atoms with van der Waals surface area (Å²) in [5.74, 6) is 0.918. The van der Waals surface area contributed by atoms with Crippen LogP contribution in [0.2, 0.25) is 0 Å². The lowest BCUT2D eigenvalue weighted by Crippen LogP contribution is -2.39. The van der Waals surface area contributed by atoms with Crippen molar-refractivity contribution in [2.24, 2.45) is 4.99 Å². The van der Waals surface area contributed by atoms with Crippen molar-refractivity contribution in [3.05, 3.63) is 16.1 Å². The number of aliphatic imine (C=N–C) groups is 1. The third-order valence-corrected chi connectivity index (χ3v) is 5.87. The van der Waals surface area contributed by atoms with E-state index in [1.54, 1.807) is 18.4 Å². The molecule has 1 aliphatic heterocycles. The number of nitrogens with zero attached hydrogens (tertiary/aromatic N) is 4. The molecule has 1 fully saturated rings. The van der Waals surface area contributed by atoms with Gasteiger partial charge in [-0.25, -0.2) is 4.98 Å². The summed E-state index contributed by atoms with van der Waals surface area (Å²) >= 11 is 1.64. The lowest BCUT2D eigenvalue weighted by molar-refractivity contribution is 0.0824.